The van der Waals surface area contributed by atoms with E-state index in [2.05, 4.69) is 10.3 Å². The number of halogens is 3. The summed E-state index contributed by atoms with van der Waals surface area (Å²) in [5, 5.41) is 13.4. The van der Waals surface area contributed by atoms with Crippen molar-refractivity contribution in [1.82, 2.24) is 10.3 Å². The van der Waals surface area contributed by atoms with Gasteiger partial charge in [-0.1, -0.05) is 19.3 Å². The Kier molecular flexibility index (Phi) is 5.96. The number of nitrogens with one attached hydrogen (secondary N) is 1. The van der Waals surface area contributed by atoms with Gasteiger partial charge in [0.25, 0.3) is 0 Å². The predicted octanol–water partition coefficient (Wildman–Crippen LogP) is 2.58. The van der Waals surface area contributed by atoms with Crippen molar-refractivity contribution in [1.29, 1.82) is 0 Å². The number of nitrogens with zero attached hydrogens (tertiary/aromatic N) is 1. The highest BCUT2D eigenvalue weighted by Crippen LogP contribution is 2.43. The zero-order chi connectivity index (χ0) is 19.6. The smallest absolute Gasteiger partial charge is 0.424 e. The van der Waals surface area contributed by atoms with Gasteiger partial charge in [-0.25, -0.2) is 9.78 Å². The van der Waals surface area contributed by atoms with Gasteiger partial charge in [-0.05, 0) is 19.8 Å². The van der Waals surface area contributed by atoms with Crippen LogP contribution in [0.2, 0.25) is 0 Å². The van der Waals surface area contributed by atoms with Gasteiger partial charge in [0.15, 0.2) is 0 Å². The molecule has 1 saturated carbocycles. The Morgan fingerprint density at radius 2 is 1.96 bits per heavy atom. The number of methoxy groups -OCH3 is 1. The minimum atomic E-state index is -5.10. The fourth-order valence-electron chi connectivity index (χ4n) is 3.12. The van der Waals surface area contributed by atoms with Crippen LogP contribution in [0.1, 0.15) is 49.2 Å². The molecular weight excluding hydrogens is 373 g/mol. The summed E-state index contributed by atoms with van der Waals surface area (Å²) in [6.45, 7) is 1.49. The lowest BCUT2D eigenvalue weighted by Gasteiger charge is -2.36. The number of amides is 1. The molecule has 1 aliphatic carbocycles. The Hall–Kier alpha value is -1.68. The lowest BCUT2D eigenvalue weighted by Crippen LogP contribution is -2.58. The van der Waals surface area contributed by atoms with E-state index in [1.165, 1.54) is 12.3 Å². The fourth-order valence-corrected chi connectivity index (χ4v) is 4.03. The van der Waals surface area contributed by atoms with Crippen molar-refractivity contribution in [3.63, 3.8) is 0 Å². The summed E-state index contributed by atoms with van der Waals surface area (Å²) < 4.78 is 45.2. The van der Waals surface area contributed by atoms with Crippen LogP contribution in [-0.4, -0.2) is 40.8 Å². The Morgan fingerprint density at radius 3 is 2.42 bits per heavy atom. The molecule has 0 aromatic carbocycles. The van der Waals surface area contributed by atoms with Crippen molar-refractivity contribution < 1.29 is 32.6 Å². The average molecular weight is 394 g/mol. The summed E-state index contributed by atoms with van der Waals surface area (Å²) in [5.74, 6) is -1.77. The number of aryl methyl sites for hydroxylation is 1. The number of esters is 1. The van der Waals surface area contributed by atoms with Crippen LogP contribution < -0.4 is 5.32 Å². The molecular formula is C16H21F3N2O4S. The van der Waals surface area contributed by atoms with Gasteiger partial charge >= 0.3 is 12.1 Å². The number of ether oxygens (including phenoxy) is 1. The Bertz CT molecular complexity index is 671. The second-order valence-corrected chi connectivity index (χ2v) is 7.37. The fraction of sp³-hybridized carbons (Fsp3) is 0.688. The van der Waals surface area contributed by atoms with E-state index in [0.717, 1.165) is 13.5 Å². The number of hydrogen-bond donors (Lipinski definition) is 2. The van der Waals surface area contributed by atoms with Crippen LogP contribution in [0.4, 0.5) is 13.2 Å². The van der Waals surface area contributed by atoms with Gasteiger partial charge in [0.05, 0.1) is 13.5 Å². The van der Waals surface area contributed by atoms with E-state index in [0.29, 0.717) is 29.9 Å². The monoisotopic (exact) mass is 394 g/mol. The van der Waals surface area contributed by atoms with E-state index < -0.39 is 40.6 Å². The lowest BCUT2D eigenvalue weighted by molar-refractivity contribution is -0.267. The molecule has 6 nitrogen and oxygen atoms in total. The number of alkyl halides is 3. The van der Waals surface area contributed by atoms with Gasteiger partial charge in [0, 0.05) is 11.1 Å². The normalized spacial score (nSPS) is 19.5. The van der Waals surface area contributed by atoms with Crippen molar-refractivity contribution in [3.05, 3.63) is 16.1 Å². The largest absolute Gasteiger partial charge is 0.467 e. The third-order valence-corrected chi connectivity index (χ3v) is 5.63. The van der Waals surface area contributed by atoms with Crippen LogP contribution in [0.3, 0.4) is 0 Å². The number of carbonyl (C=O) groups is 2. The predicted molar refractivity (Wildman–Crippen MR) is 87.4 cm³/mol. The van der Waals surface area contributed by atoms with Crippen LogP contribution >= 0.6 is 11.3 Å². The highest BCUT2D eigenvalue weighted by Gasteiger charge is 2.58. The van der Waals surface area contributed by atoms with E-state index in [1.54, 1.807) is 0 Å². The third kappa shape index (κ3) is 4.01. The maximum Gasteiger partial charge on any atom is 0.424 e. The van der Waals surface area contributed by atoms with Gasteiger partial charge in [0.2, 0.25) is 11.5 Å². The molecule has 0 saturated heterocycles. The first-order valence-corrected chi connectivity index (χ1v) is 9.03. The second-order valence-electron chi connectivity index (χ2n) is 6.51. The van der Waals surface area contributed by atoms with Crippen LogP contribution in [0.5, 0.6) is 0 Å². The minimum absolute atomic E-state index is 0.284. The van der Waals surface area contributed by atoms with Crippen LogP contribution in [0, 0.1) is 6.92 Å². The average Bonchev–Trinajstić information content (AvgIpc) is 3.00. The molecule has 0 unspecified atom stereocenters. The zero-order valence-corrected chi connectivity index (χ0v) is 15.3. The first-order valence-electron chi connectivity index (χ1n) is 8.15. The summed E-state index contributed by atoms with van der Waals surface area (Å²) >= 11 is 0.629. The maximum absolute atomic E-state index is 13.5. The highest BCUT2D eigenvalue weighted by atomic mass is 32.1. The quantitative estimate of drug-likeness (QED) is 0.750. The SMILES string of the molecule is COC(=O)C1(NC(=O)C[C@](O)(c2nc(C)cs2)C(F)(F)F)CCCCC1. The number of rotatable bonds is 5. The first-order chi connectivity index (χ1) is 12.0. The molecule has 1 atom stereocenters. The minimum Gasteiger partial charge on any atom is -0.467 e. The summed E-state index contributed by atoms with van der Waals surface area (Å²) in [6.07, 6.45) is -3.66. The molecule has 146 valence electrons. The summed E-state index contributed by atoms with van der Waals surface area (Å²) in [7, 11) is 1.16. The Labute approximate surface area is 152 Å². The standard InChI is InChI=1S/C16H21F3N2O4S/c1-10-9-26-12(20-10)15(24,16(17,18)19)8-11(22)21-14(13(23)25-2)6-4-3-5-7-14/h9,24H,3-8H2,1-2H3,(H,21,22)/t15-/m0/s1. The maximum atomic E-state index is 13.5. The number of thiazole rings is 1. The van der Waals surface area contributed by atoms with Gasteiger partial charge in [-0.15, -0.1) is 11.3 Å². The Balaban J connectivity index is 2.25. The molecule has 1 aliphatic rings. The zero-order valence-electron chi connectivity index (χ0n) is 14.5. The molecule has 0 spiro atoms. The van der Waals surface area contributed by atoms with Crippen LogP contribution in [0.15, 0.2) is 5.38 Å². The summed E-state index contributed by atoms with van der Waals surface area (Å²) in [6, 6.07) is 0. The number of aromatic nitrogens is 1. The molecule has 1 heterocycles. The molecule has 2 N–H and O–H groups in total. The summed E-state index contributed by atoms with van der Waals surface area (Å²) in [4.78, 5) is 28.2. The topological polar surface area (TPSA) is 88.5 Å². The molecule has 1 fully saturated rings. The molecule has 10 heteroatoms. The molecule has 1 aromatic heterocycles. The molecule has 1 amide bonds. The lowest BCUT2D eigenvalue weighted by atomic mass is 9.81. The van der Waals surface area contributed by atoms with E-state index >= 15 is 0 Å². The number of hydrogen-bond acceptors (Lipinski definition) is 6. The van der Waals surface area contributed by atoms with Gasteiger partial charge in [-0.3, -0.25) is 4.79 Å². The number of aliphatic hydroxyl groups is 1. The molecule has 0 bridgehead atoms. The molecule has 26 heavy (non-hydrogen) atoms. The molecule has 0 radical (unpaired) electrons. The van der Waals surface area contributed by atoms with Crippen molar-refractivity contribution in [3.8, 4) is 0 Å². The van der Waals surface area contributed by atoms with E-state index in [-0.39, 0.29) is 12.8 Å². The van der Waals surface area contributed by atoms with Gasteiger partial charge in [-0.2, -0.15) is 13.2 Å². The summed E-state index contributed by atoms with van der Waals surface area (Å²) in [5.41, 5.74) is -4.46. The van der Waals surface area contributed by atoms with Crippen LogP contribution in [0.25, 0.3) is 0 Å². The van der Waals surface area contributed by atoms with E-state index in [4.69, 9.17) is 4.74 Å². The first kappa shape index (κ1) is 20.6. The van der Waals surface area contributed by atoms with Gasteiger partial charge in [0.1, 0.15) is 10.5 Å². The molecule has 0 aliphatic heterocycles. The van der Waals surface area contributed by atoms with E-state index in [1.807, 2.05) is 0 Å². The third-order valence-electron chi connectivity index (χ3n) is 4.52. The highest BCUT2D eigenvalue weighted by molar-refractivity contribution is 7.09. The van der Waals surface area contributed by atoms with Crippen molar-refractivity contribution in [2.45, 2.75) is 62.8 Å². The van der Waals surface area contributed by atoms with Gasteiger partial charge < -0.3 is 15.2 Å². The molecule has 1 aromatic rings. The number of carbonyl (C=O) groups excluding carboxylic acids is 2. The Morgan fingerprint density at radius 1 is 1.35 bits per heavy atom. The van der Waals surface area contributed by atoms with E-state index in [9.17, 15) is 27.9 Å². The molecule has 2 rings (SSSR count). The van der Waals surface area contributed by atoms with Crippen molar-refractivity contribution in [2.24, 2.45) is 0 Å². The van der Waals surface area contributed by atoms with Crippen molar-refractivity contribution >= 4 is 23.2 Å². The second kappa shape index (κ2) is 7.51. The van der Waals surface area contributed by atoms with Crippen LogP contribution in [-0.2, 0) is 19.9 Å². The van der Waals surface area contributed by atoms with Crippen molar-refractivity contribution in [2.75, 3.05) is 7.11 Å².